The molecule has 2 aromatic heterocycles. The van der Waals surface area contributed by atoms with Crippen LogP contribution in [0.3, 0.4) is 0 Å². The summed E-state index contributed by atoms with van der Waals surface area (Å²) in [6, 6.07) is 0. The van der Waals surface area contributed by atoms with Gasteiger partial charge in [0.05, 0.1) is 0 Å². The van der Waals surface area contributed by atoms with Crippen molar-refractivity contribution in [1.82, 2.24) is 14.8 Å². The second-order valence-electron chi connectivity index (χ2n) is 3.88. The molecule has 0 spiro atoms. The Bertz CT molecular complexity index is 722. The molecule has 0 atom stereocenters. The lowest BCUT2D eigenvalue weighted by Gasteiger charge is -2.02. The summed E-state index contributed by atoms with van der Waals surface area (Å²) in [6.07, 6.45) is 2.53. The fraction of sp³-hybridized carbons (Fsp3) is 0.200. The highest BCUT2D eigenvalue weighted by Gasteiger charge is 2.21. The van der Waals surface area contributed by atoms with Crippen molar-refractivity contribution in [2.75, 3.05) is 18.3 Å². The Hall–Kier alpha value is -3.02. The van der Waals surface area contributed by atoms with Gasteiger partial charge in [-0.15, -0.1) is 20.7 Å². The van der Waals surface area contributed by atoms with Crippen LogP contribution in [0.4, 0.5) is 5.13 Å². The third-order valence-corrected chi connectivity index (χ3v) is 2.95. The zero-order valence-electron chi connectivity index (χ0n) is 11.3. The fourth-order valence-corrected chi connectivity index (χ4v) is 2.01. The summed E-state index contributed by atoms with van der Waals surface area (Å²) in [5.41, 5.74) is 8.15. The normalized spacial score (nSPS) is 11.2. The van der Waals surface area contributed by atoms with E-state index in [1.165, 1.54) is 24.4 Å². The molecular weight excluding hydrogens is 314 g/mol. The molecule has 4 N–H and O–H groups in total. The predicted molar refractivity (Wildman–Crippen MR) is 74.5 cm³/mol. The maximum Gasteiger partial charge on any atom is 0.341 e. The molecule has 0 bridgehead atoms. The molecule has 11 nitrogen and oxygen atoms in total. The molecule has 0 aliphatic carbocycles. The van der Waals surface area contributed by atoms with Gasteiger partial charge in [-0.2, -0.15) is 0 Å². The molecule has 0 aliphatic heterocycles. The highest BCUT2D eigenvalue weighted by molar-refractivity contribution is 7.13. The summed E-state index contributed by atoms with van der Waals surface area (Å²) in [4.78, 5) is 31.3. The molecule has 0 saturated heterocycles. The van der Waals surface area contributed by atoms with Gasteiger partial charge in [-0.25, -0.2) is 15.2 Å². The number of nitrogens with zero attached hydrogens (tertiary/aromatic N) is 5. The Morgan fingerprint density at radius 3 is 3.00 bits per heavy atom. The van der Waals surface area contributed by atoms with Gasteiger partial charge >= 0.3 is 11.9 Å². The van der Waals surface area contributed by atoms with Crippen molar-refractivity contribution in [3.8, 4) is 0 Å². The molecule has 1 amide bonds. The van der Waals surface area contributed by atoms with Crippen molar-refractivity contribution in [2.45, 2.75) is 6.54 Å². The Kier molecular flexibility index (Phi) is 4.63. The SMILES string of the molecule is CO/N=C(\C(=O)N[n+]1cnn(CC(=O)O)c1)c1csc(N)n1. The number of anilines is 1. The van der Waals surface area contributed by atoms with E-state index in [0.29, 0.717) is 0 Å². The number of nitrogens with one attached hydrogen (secondary N) is 1. The topological polar surface area (TPSA) is 149 Å². The third kappa shape index (κ3) is 3.76. The molecule has 0 radical (unpaired) electrons. The molecule has 2 heterocycles. The number of nitrogens with two attached hydrogens (primary N) is 1. The highest BCUT2D eigenvalue weighted by atomic mass is 32.1. The number of carboxylic acid groups (broad SMARTS) is 1. The van der Waals surface area contributed by atoms with Crippen molar-refractivity contribution in [1.29, 1.82) is 0 Å². The van der Waals surface area contributed by atoms with E-state index in [1.807, 2.05) is 0 Å². The summed E-state index contributed by atoms with van der Waals surface area (Å²) in [5.74, 6) is -1.67. The Balaban J connectivity index is 2.13. The van der Waals surface area contributed by atoms with Crippen molar-refractivity contribution in [3.63, 3.8) is 0 Å². The zero-order chi connectivity index (χ0) is 16.1. The summed E-state index contributed by atoms with van der Waals surface area (Å²) in [7, 11) is 1.29. The number of carbonyl (C=O) groups excluding carboxylic acids is 1. The quantitative estimate of drug-likeness (QED) is 0.329. The molecule has 0 unspecified atom stereocenters. The van der Waals surface area contributed by atoms with E-state index in [2.05, 4.69) is 25.5 Å². The maximum absolute atomic E-state index is 12.2. The fourth-order valence-electron chi connectivity index (χ4n) is 1.47. The van der Waals surface area contributed by atoms with Gasteiger partial charge in [0.15, 0.2) is 10.8 Å². The molecule has 0 aromatic carbocycles. The first-order valence-corrected chi connectivity index (χ1v) is 6.67. The number of rotatable bonds is 6. The zero-order valence-corrected chi connectivity index (χ0v) is 12.1. The lowest BCUT2D eigenvalue weighted by molar-refractivity contribution is -0.642. The van der Waals surface area contributed by atoms with Crippen LogP contribution in [0.15, 0.2) is 23.2 Å². The minimum Gasteiger partial charge on any atom is -0.479 e. The van der Waals surface area contributed by atoms with Crippen molar-refractivity contribution in [2.24, 2.45) is 5.16 Å². The Labute approximate surface area is 127 Å². The summed E-state index contributed by atoms with van der Waals surface area (Å²) in [6.45, 7) is -0.329. The number of aliphatic carboxylic acids is 1. The van der Waals surface area contributed by atoms with E-state index >= 15 is 0 Å². The van der Waals surface area contributed by atoms with Crippen molar-refractivity contribution in [3.05, 3.63) is 23.7 Å². The van der Waals surface area contributed by atoms with Gasteiger partial charge in [0.2, 0.25) is 12.9 Å². The number of amides is 1. The molecule has 12 heteroatoms. The van der Waals surface area contributed by atoms with Crippen molar-refractivity contribution < 1.29 is 24.2 Å². The van der Waals surface area contributed by atoms with Gasteiger partial charge in [-0.1, -0.05) is 5.16 Å². The van der Waals surface area contributed by atoms with Crippen LogP contribution in [0, 0.1) is 0 Å². The lowest BCUT2D eigenvalue weighted by atomic mass is 10.3. The van der Waals surface area contributed by atoms with Gasteiger partial charge in [0.1, 0.15) is 12.8 Å². The minimum atomic E-state index is -1.05. The number of hydrogen-bond donors (Lipinski definition) is 3. The average molecular weight is 326 g/mol. The molecular formula is C10H12N7O4S+. The van der Waals surface area contributed by atoms with Crippen LogP contribution in [0.2, 0.25) is 0 Å². The third-order valence-electron chi connectivity index (χ3n) is 2.27. The largest absolute Gasteiger partial charge is 0.479 e. The summed E-state index contributed by atoms with van der Waals surface area (Å²) >= 11 is 1.15. The predicted octanol–water partition coefficient (Wildman–Crippen LogP) is -1.59. The van der Waals surface area contributed by atoms with E-state index in [9.17, 15) is 9.59 Å². The van der Waals surface area contributed by atoms with Crippen molar-refractivity contribution >= 4 is 34.1 Å². The Morgan fingerprint density at radius 2 is 2.41 bits per heavy atom. The van der Waals surface area contributed by atoms with Gasteiger partial charge in [0.25, 0.3) is 6.33 Å². The number of nitrogen functional groups attached to an aromatic ring is 1. The maximum atomic E-state index is 12.2. The van der Waals surface area contributed by atoms with E-state index in [0.717, 1.165) is 16.0 Å². The van der Waals surface area contributed by atoms with Gasteiger partial charge in [-0.05, 0) is 0 Å². The van der Waals surface area contributed by atoms with Gasteiger partial charge in [0, 0.05) is 10.5 Å². The van der Waals surface area contributed by atoms with Gasteiger partial charge < -0.3 is 15.7 Å². The lowest BCUT2D eigenvalue weighted by Crippen LogP contribution is -2.49. The molecule has 116 valence electrons. The average Bonchev–Trinajstić information content (AvgIpc) is 3.04. The monoisotopic (exact) mass is 326 g/mol. The second kappa shape index (κ2) is 6.62. The van der Waals surface area contributed by atoms with Crippen LogP contribution in [-0.2, 0) is 21.0 Å². The number of hydrogen-bond acceptors (Lipinski definition) is 8. The van der Waals surface area contributed by atoms with E-state index in [1.54, 1.807) is 5.38 Å². The van der Waals surface area contributed by atoms with Crippen LogP contribution in [0.25, 0.3) is 0 Å². The number of carbonyl (C=O) groups is 2. The summed E-state index contributed by atoms with van der Waals surface area (Å²) in [5, 5.41) is 17.9. The molecule has 2 aromatic rings. The summed E-state index contributed by atoms with van der Waals surface area (Å²) < 4.78 is 2.32. The van der Waals surface area contributed by atoms with Crippen LogP contribution in [0.1, 0.15) is 5.69 Å². The van der Waals surface area contributed by atoms with Crippen LogP contribution in [0.5, 0.6) is 0 Å². The Morgan fingerprint density at radius 1 is 1.64 bits per heavy atom. The first-order valence-electron chi connectivity index (χ1n) is 5.79. The smallest absolute Gasteiger partial charge is 0.341 e. The van der Waals surface area contributed by atoms with Gasteiger partial charge in [-0.3, -0.25) is 4.79 Å². The van der Waals surface area contributed by atoms with Crippen LogP contribution >= 0.6 is 11.3 Å². The molecule has 22 heavy (non-hydrogen) atoms. The minimum absolute atomic E-state index is 0.0751. The standard InChI is InChI=1S/C10H11N7O4S/c1-21-15-8(6-3-22-10(11)13-6)9(20)14-17-4-12-16(5-17)2-7(18)19/h3-5H,2H2,1H3,(H3-,11,13,14,18,19,20)/p+1/b15-8-. The molecule has 2 rings (SSSR count). The number of thiazole rings is 1. The number of oxime groups is 1. The van der Waals surface area contributed by atoms with E-state index < -0.39 is 11.9 Å². The first kappa shape index (κ1) is 15.4. The van der Waals surface area contributed by atoms with E-state index in [-0.39, 0.29) is 23.1 Å². The molecule has 0 saturated carbocycles. The highest BCUT2D eigenvalue weighted by Crippen LogP contribution is 2.12. The number of carboxylic acids is 1. The molecule has 0 aliphatic rings. The van der Waals surface area contributed by atoms with E-state index in [4.69, 9.17) is 10.8 Å². The van der Waals surface area contributed by atoms with Crippen LogP contribution in [-0.4, -0.2) is 44.6 Å². The second-order valence-corrected chi connectivity index (χ2v) is 4.77. The van der Waals surface area contributed by atoms with Crippen LogP contribution < -0.4 is 15.8 Å². The number of aromatic nitrogens is 4. The first-order chi connectivity index (χ1) is 10.5. The molecule has 0 fully saturated rings.